The standard InChI is InChI=1S/C22H28BrFO2/c23-20-13-12-19(14-21(20)24)18-10-8-17(9-11-18)16-6-4-15(5-7-16)2-1-3-22(25)26/h1-2,12-18H,3-11H2,(H,25,26). The van der Waals surface area contributed by atoms with Gasteiger partial charge in [-0.3, -0.25) is 4.79 Å². The maximum Gasteiger partial charge on any atom is 0.307 e. The highest BCUT2D eigenvalue weighted by atomic mass is 79.9. The predicted molar refractivity (Wildman–Crippen MR) is 106 cm³/mol. The van der Waals surface area contributed by atoms with Crippen molar-refractivity contribution < 1.29 is 14.3 Å². The lowest BCUT2D eigenvalue weighted by Gasteiger charge is -2.37. The third-order valence-corrected chi connectivity index (χ3v) is 7.01. The molecule has 1 aromatic rings. The second-order valence-corrected chi connectivity index (χ2v) is 8.84. The molecule has 0 radical (unpaired) electrons. The number of allylic oxidation sites excluding steroid dienone is 1. The van der Waals surface area contributed by atoms with Crippen LogP contribution in [0.2, 0.25) is 0 Å². The van der Waals surface area contributed by atoms with Gasteiger partial charge in [-0.1, -0.05) is 18.2 Å². The highest BCUT2D eigenvalue weighted by Gasteiger charge is 2.30. The summed E-state index contributed by atoms with van der Waals surface area (Å²) in [6, 6.07) is 5.59. The van der Waals surface area contributed by atoms with Crippen LogP contribution in [0.4, 0.5) is 4.39 Å². The summed E-state index contributed by atoms with van der Waals surface area (Å²) in [4.78, 5) is 10.6. The van der Waals surface area contributed by atoms with Crippen molar-refractivity contribution in [3.05, 3.63) is 46.2 Å². The molecule has 2 aliphatic carbocycles. The lowest BCUT2D eigenvalue weighted by molar-refractivity contribution is -0.136. The van der Waals surface area contributed by atoms with Gasteiger partial charge in [0.1, 0.15) is 5.82 Å². The van der Waals surface area contributed by atoms with E-state index < -0.39 is 5.97 Å². The fraction of sp³-hybridized carbons (Fsp3) is 0.591. The lowest BCUT2D eigenvalue weighted by atomic mass is 9.68. The van der Waals surface area contributed by atoms with Crippen molar-refractivity contribution >= 4 is 21.9 Å². The number of benzene rings is 1. The molecule has 0 saturated heterocycles. The quantitative estimate of drug-likeness (QED) is 0.535. The molecule has 0 heterocycles. The molecule has 2 saturated carbocycles. The maximum absolute atomic E-state index is 13.8. The first-order valence-corrected chi connectivity index (χ1v) is 10.7. The van der Waals surface area contributed by atoms with Crippen LogP contribution in [0.1, 0.15) is 69.3 Å². The van der Waals surface area contributed by atoms with Crippen LogP contribution in [-0.4, -0.2) is 11.1 Å². The molecule has 0 unspecified atom stereocenters. The monoisotopic (exact) mass is 422 g/mol. The van der Waals surface area contributed by atoms with Gasteiger partial charge < -0.3 is 5.11 Å². The molecule has 2 fully saturated rings. The average Bonchev–Trinajstić information content (AvgIpc) is 2.64. The maximum atomic E-state index is 13.8. The highest BCUT2D eigenvalue weighted by molar-refractivity contribution is 9.10. The van der Waals surface area contributed by atoms with E-state index in [0.717, 1.165) is 17.4 Å². The van der Waals surface area contributed by atoms with Gasteiger partial charge in [0, 0.05) is 0 Å². The van der Waals surface area contributed by atoms with Gasteiger partial charge in [-0.25, -0.2) is 4.39 Å². The van der Waals surface area contributed by atoms with E-state index in [4.69, 9.17) is 5.11 Å². The summed E-state index contributed by atoms with van der Waals surface area (Å²) >= 11 is 3.23. The zero-order chi connectivity index (χ0) is 18.5. The number of aliphatic carboxylic acids is 1. The molecule has 0 atom stereocenters. The number of halogens is 2. The van der Waals surface area contributed by atoms with Gasteiger partial charge in [0.05, 0.1) is 10.9 Å². The van der Waals surface area contributed by atoms with Gasteiger partial charge in [-0.2, -0.15) is 0 Å². The van der Waals surface area contributed by atoms with Crippen LogP contribution in [0, 0.1) is 23.6 Å². The second-order valence-electron chi connectivity index (χ2n) is 7.99. The first-order chi connectivity index (χ1) is 12.5. The molecule has 3 rings (SSSR count). The summed E-state index contributed by atoms with van der Waals surface area (Å²) in [5.41, 5.74) is 1.15. The Bertz CT molecular complexity index is 642. The summed E-state index contributed by atoms with van der Waals surface area (Å²) in [7, 11) is 0. The third-order valence-electron chi connectivity index (χ3n) is 6.37. The molecule has 1 N–H and O–H groups in total. The number of hydrogen-bond donors (Lipinski definition) is 1. The Labute approximate surface area is 164 Å². The van der Waals surface area contributed by atoms with E-state index in [9.17, 15) is 9.18 Å². The van der Waals surface area contributed by atoms with Crippen LogP contribution in [0.3, 0.4) is 0 Å². The summed E-state index contributed by atoms with van der Waals surface area (Å²) in [5, 5.41) is 8.71. The van der Waals surface area contributed by atoms with Crippen LogP contribution in [0.25, 0.3) is 0 Å². The fourth-order valence-electron chi connectivity index (χ4n) is 4.86. The zero-order valence-corrected chi connectivity index (χ0v) is 16.8. The van der Waals surface area contributed by atoms with Gasteiger partial charge in [0.25, 0.3) is 0 Å². The molecular weight excluding hydrogens is 395 g/mol. The lowest BCUT2D eigenvalue weighted by Crippen LogP contribution is -2.25. The summed E-state index contributed by atoms with van der Waals surface area (Å²) < 4.78 is 14.3. The predicted octanol–water partition coefficient (Wildman–Crippen LogP) is 6.70. The number of carbonyl (C=O) groups is 1. The molecular formula is C22H28BrFO2. The largest absolute Gasteiger partial charge is 0.481 e. The molecule has 2 aliphatic rings. The van der Waals surface area contributed by atoms with Crippen molar-refractivity contribution in [3.8, 4) is 0 Å². The zero-order valence-electron chi connectivity index (χ0n) is 15.2. The van der Waals surface area contributed by atoms with E-state index in [1.54, 1.807) is 6.07 Å². The number of hydrogen-bond acceptors (Lipinski definition) is 1. The van der Waals surface area contributed by atoms with Crippen molar-refractivity contribution in [2.45, 2.75) is 63.7 Å². The normalized spacial score (nSPS) is 29.8. The van der Waals surface area contributed by atoms with E-state index in [1.165, 1.54) is 51.4 Å². The summed E-state index contributed by atoms with van der Waals surface area (Å²) in [6.45, 7) is 0. The number of carboxylic acids is 1. The van der Waals surface area contributed by atoms with Crippen LogP contribution in [-0.2, 0) is 4.79 Å². The van der Waals surface area contributed by atoms with E-state index in [2.05, 4.69) is 28.1 Å². The molecule has 0 spiro atoms. The van der Waals surface area contributed by atoms with Crippen LogP contribution in [0.5, 0.6) is 0 Å². The summed E-state index contributed by atoms with van der Waals surface area (Å²) in [6.07, 6.45) is 13.8. The Morgan fingerprint density at radius 2 is 1.69 bits per heavy atom. The third kappa shape index (κ3) is 5.18. The Morgan fingerprint density at radius 1 is 1.08 bits per heavy atom. The Kier molecular flexibility index (Phi) is 6.91. The van der Waals surface area contributed by atoms with Gasteiger partial charge in [-0.15, -0.1) is 0 Å². The molecule has 0 aliphatic heterocycles. The molecule has 26 heavy (non-hydrogen) atoms. The molecule has 0 bridgehead atoms. The smallest absolute Gasteiger partial charge is 0.307 e. The van der Waals surface area contributed by atoms with E-state index in [-0.39, 0.29) is 12.2 Å². The van der Waals surface area contributed by atoms with Crippen molar-refractivity contribution in [3.63, 3.8) is 0 Å². The SMILES string of the molecule is O=C(O)CC=CC1CCC(C2CCC(c3ccc(Br)c(F)c3)CC2)CC1. The average molecular weight is 423 g/mol. The highest BCUT2D eigenvalue weighted by Crippen LogP contribution is 2.44. The first-order valence-electron chi connectivity index (χ1n) is 9.86. The van der Waals surface area contributed by atoms with Crippen molar-refractivity contribution in [1.82, 2.24) is 0 Å². The molecule has 142 valence electrons. The Morgan fingerprint density at radius 3 is 2.27 bits per heavy atom. The second kappa shape index (κ2) is 9.16. The molecule has 4 heteroatoms. The van der Waals surface area contributed by atoms with Crippen LogP contribution in [0.15, 0.2) is 34.8 Å². The first kappa shape index (κ1) is 19.6. The van der Waals surface area contributed by atoms with E-state index >= 15 is 0 Å². The van der Waals surface area contributed by atoms with E-state index in [0.29, 0.717) is 16.3 Å². The summed E-state index contributed by atoms with van der Waals surface area (Å²) in [5.74, 6) is 1.80. The Balaban J connectivity index is 1.45. The van der Waals surface area contributed by atoms with Crippen molar-refractivity contribution in [2.24, 2.45) is 17.8 Å². The molecule has 1 aromatic carbocycles. The molecule has 2 nitrogen and oxygen atoms in total. The minimum absolute atomic E-state index is 0.139. The topological polar surface area (TPSA) is 37.3 Å². The van der Waals surface area contributed by atoms with Gasteiger partial charge in [-0.05, 0) is 109 Å². The van der Waals surface area contributed by atoms with Gasteiger partial charge in [0.2, 0.25) is 0 Å². The minimum Gasteiger partial charge on any atom is -0.481 e. The van der Waals surface area contributed by atoms with Crippen LogP contribution < -0.4 is 0 Å². The number of rotatable bonds is 5. The minimum atomic E-state index is -0.752. The Hall–Kier alpha value is -1.16. The molecule has 0 aromatic heterocycles. The van der Waals surface area contributed by atoms with Crippen molar-refractivity contribution in [1.29, 1.82) is 0 Å². The van der Waals surface area contributed by atoms with Gasteiger partial charge in [0.15, 0.2) is 0 Å². The van der Waals surface area contributed by atoms with Gasteiger partial charge >= 0.3 is 5.97 Å². The fourth-order valence-corrected chi connectivity index (χ4v) is 5.11. The number of carboxylic acid groups (broad SMARTS) is 1. The molecule has 0 amide bonds. The van der Waals surface area contributed by atoms with Crippen LogP contribution >= 0.6 is 15.9 Å². The van der Waals surface area contributed by atoms with Crippen molar-refractivity contribution in [2.75, 3.05) is 0 Å². The van der Waals surface area contributed by atoms with E-state index in [1.807, 2.05) is 12.1 Å².